The highest BCUT2D eigenvalue weighted by atomic mass is 32.1. The van der Waals surface area contributed by atoms with Crippen LogP contribution in [0.2, 0.25) is 0 Å². The van der Waals surface area contributed by atoms with Crippen molar-refractivity contribution >= 4 is 23.2 Å². The number of anilines is 1. The third kappa shape index (κ3) is 3.75. The smallest absolute Gasteiger partial charge is 0.244 e. The number of rotatable bonds is 7. The summed E-state index contributed by atoms with van der Waals surface area (Å²) in [5, 5.41) is 14.6. The number of hydrogen-bond acceptors (Lipinski definition) is 7. The number of hydrogen-bond donors (Lipinski definition) is 1. The Morgan fingerprint density at radius 1 is 1.60 bits per heavy atom. The van der Waals surface area contributed by atoms with Crippen LogP contribution in [0.1, 0.15) is 5.56 Å². The second-order valence-corrected chi connectivity index (χ2v) is 4.91. The fraction of sp³-hybridized carbons (Fsp3) is 0.455. The number of tetrazole rings is 1. The third-order valence-corrected chi connectivity index (χ3v) is 3.45. The van der Waals surface area contributed by atoms with Gasteiger partial charge in [0, 0.05) is 20.2 Å². The molecule has 0 unspecified atom stereocenters. The summed E-state index contributed by atoms with van der Waals surface area (Å²) in [6.07, 6.45) is 0. The fourth-order valence-corrected chi connectivity index (χ4v) is 2.31. The lowest BCUT2D eigenvalue weighted by atomic mass is 10.3. The average Bonchev–Trinajstić information content (AvgIpc) is 3.07. The van der Waals surface area contributed by atoms with Gasteiger partial charge in [0.1, 0.15) is 6.54 Å². The van der Waals surface area contributed by atoms with Crippen LogP contribution in [-0.4, -0.2) is 51.3 Å². The van der Waals surface area contributed by atoms with E-state index in [1.165, 1.54) is 4.68 Å². The van der Waals surface area contributed by atoms with Crippen LogP contribution in [0.15, 0.2) is 16.8 Å². The first-order valence-electron chi connectivity index (χ1n) is 6.00. The van der Waals surface area contributed by atoms with E-state index < -0.39 is 0 Å². The maximum Gasteiger partial charge on any atom is 0.244 e. The van der Waals surface area contributed by atoms with Gasteiger partial charge in [0.15, 0.2) is 0 Å². The molecule has 0 radical (unpaired) electrons. The van der Waals surface area contributed by atoms with Crippen molar-refractivity contribution in [1.82, 2.24) is 25.1 Å². The van der Waals surface area contributed by atoms with E-state index in [0.29, 0.717) is 19.7 Å². The van der Waals surface area contributed by atoms with Crippen LogP contribution >= 0.6 is 11.3 Å². The van der Waals surface area contributed by atoms with Crippen molar-refractivity contribution in [2.45, 2.75) is 13.1 Å². The lowest BCUT2D eigenvalue weighted by molar-refractivity contribution is -0.133. The van der Waals surface area contributed by atoms with E-state index in [1.807, 2.05) is 16.8 Å². The number of carbonyl (C=O) groups excluding carboxylic acids is 1. The number of thiophene rings is 1. The summed E-state index contributed by atoms with van der Waals surface area (Å²) < 4.78 is 6.31. The predicted octanol–water partition coefficient (Wildman–Crippen LogP) is -0.00800. The molecule has 0 bridgehead atoms. The van der Waals surface area contributed by atoms with Gasteiger partial charge in [-0.25, -0.2) is 4.68 Å². The number of methoxy groups -OCH3 is 1. The molecular formula is C11H16N6O2S. The first-order valence-corrected chi connectivity index (χ1v) is 6.94. The molecule has 2 N–H and O–H groups in total. The van der Waals surface area contributed by atoms with E-state index in [-0.39, 0.29) is 18.4 Å². The SMILES string of the molecule is COCCN(Cc1ccsc1)C(=O)Cn1nnnc1N. The highest BCUT2D eigenvalue weighted by Gasteiger charge is 2.16. The molecule has 20 heavy (non-hydrogen) atoms. The predicted molar refractivity (Wildman–Crippen MR) is 73.8 cm³/mol. The number of carbonyl (C=O) groups is 1. The van der Waals surface area contributed by atoms with Gasteiger partial charge in [-0.2, -0.15) is 11.3 Å². The van der Waals surface area contributed by atoms with Crippen molar-refractivity contribution in [3.63, 3.8) is 0 Å². The number of nitrogen functional groups attached to an aromatic ring is 1. The zero-order chi connectivity index (χ0) is 14.4. The summed E-state index contributed by atoms with van der Waals surface area (Å²) in [4.78, 5) is 14.0. The summed E-state index contributed by atoms with van der Waals surface area (Å²) in [6.45, 7) is 1.54. The van der Waals surface area contributed by atoms with Crippen LogP contribution in [0.3, 0.4) is 0 Å². The van der Waals surface area contributed by atoms with E-state index in [1.54, 1.807) is 23.3 Å². The minimum absolute atomic E-state index is 0.0205. The molecule has 0 aromatic carbocycles. The molecule has 9 heteroatoms. The first-order chi connectivity index (χ1) is 9.70. The lowest BCUT2D eigenvalue weighted by Crippen LogP contribution is -2.36. The Hall–Kier alpha value is -2.00. The largest absolute Gasteiger partial charge is 0.383 e. The molecule has 0 aliphatic carbocycles. The van der Waals surface area contributed by atoms with Gasteiger partial charge in [0.05, 0.1) is 6.61 Å². The van der Waals surface area contributed by atoms with Gasteiger partial charge < -0.3 is 15.4 Å². The molecule has 2 aromatic rings. The molecule has 8 nitrogen and oxygen atoms in total. The highest BCUT2D eigenvalue weighted by molar-refractivity contribution is 7.07. The fourth-order valence-electron chi connectivity index (χ4n) is 1.65. The Bertz CT molecular complexity index is 541. The second kappa shape index (κ2) is 6.96. The lowest BCUT2D eigenvalue weighted by Gasteiger charge is -2.21. The molecule has 0 atom stereocenters. The normalized spacial score (nSPS) is 10.7. The minimum atomic E-state index is -0.104. The third-order valence-electron chi connectivity index (χ3n) is 2.72. The molecule has 0 saturated heterocycles. The minimum Gasteiger partial charge on any atom is -0.383 e. The van der Waals surface area contributed by atoms with Crippen LogP contribution in [0, 0.1) is 0 Å². The maximum atomic E-state index is 12.3. The number of amides is 1. The summed E-state index contributed by atoms with van der Waals surface area (Å²) in [5.74, 6) is 0.0211. The van der Waals surface area contributed by atoms with Crippen LogP contribution in [0.5, 0.6) is 0 Å². The Labute approximate surface area is 120 Å². The van der Waals surface area contributed by atoms with Gasteiger partial charge >= 0.3 is 0 Å². The van der Waals surface area contributed by atoms with Gasteiger partial charge in [-0.05, 0) is 32.8 Å². The molecule has 108 valence electrons. The van der Waals surface area contributed by atoms with Crippen LogP contribution in [0.25, 0.3) is 0 Å². The zero-order valence-electron chi connectivity index (χ0n) is 11.1. The molecule has 0 aliphatic heterocycles. The van der Waals surface area contributed by atoms with Crippen LogP contribution in [0.4, 0.5) is 5.95 Å². The number of ether oxygens (including phenoxy) is 1. The second-order valence-electron chi connectivity index (χ2n) is 4.13. The molecule has 0 spiro atoms. The Balaban J connectivity index is 2.01. The molecule has 2 aromatic heterocycles. The van der Waals surface area contributed by atoms with Crippen molar-refractivity contribution < 1.29 is 9.53 Å². The summed E-state index contributed by atoms with van der Waals surface area (Å²) in [7, 11) is 1.60. The number of nitrogens with two attached hydrogens (primary N) is 1. The topological polar surface area (TPSA) is 99.2 Å². The van der Waals surface area contributed by atoms with Crippen molar-refractivity contribution in [2.24, 2.45) is 0 Å². The van der Waals surface area contributed by atoms with Crippen LogP contribution in [-0.2, 0) is 22.6 Å². The molecule has 1 amide bonds. The van der Waals surface area contributed by atoms with E-state index in [0.717, 1.165) is 5.56 Å². The Morgan fingerprint density at radius 3 is 3.05 bits per heavy atom. The van der Waals surface area contributed by atoms with Gasteiger partial charge in [0.25, 0.3) is 0 Å². The van der Waals surface area contributed by atoms with E-state index in [2.05, 4.69) is 15.5 Å². The molecule has 2 heterocycles. The highest BCUT2D eigenvalue weighted by Crippen LogP contribution is 2.10. The molecule has 0 fully saturated rings. The maximum absolute atomic E-state index is 12.3. The number of nitrogens with zero attached hydrogens (tertiary/aromatic N) is 5. The molecule has 0 aliphatic rings. The number of aromatic nitrogens is 4. The van der Waals surface area contributed by atoms with Crippen molar-refractivity contribution in [3.05, 3.63) is 22.4 Å². The zero-order valence-corrected chi connectivity index (χ0v) is 11.9. The van der Waals surface area contributed by atoms with Crippen LogP contribution < -0.4 is 5.73 Å². The quantitative estimate of drug-likeness (QED) is 0.771. The Morgan fingerprint density at radius 2 is 2.45 bits per heavy atom. The first kappa shape index (κ1) is 14.4. The summed E-state index contributed by atoms with van der Waals surface area (Å²) in [5.41, 5.74) is 6.65. The molecule has 0 saturated carbocycles. The van der Waals surface area contributed by atoms with Crippen molar-refractivity contribution in [1.29, 1.82) is 0 Å². The summed E-state index contributed by atoms with van der Waals surface area (Å²) >= 11 is 1.60. The van der Waals surface area contributed by atoms with Gasteiger partial charge in [-0.15, -0.1) is 0 Å². The Kier molecular flexibility index (Phi) is 5.02. The average molecular weight is 296 g/mol. The molecule has 2 rings (SSSR count). The standard InChI is InChI=1S/C11H16N6O2S/c1-19-4-3-16(6-9-2-5-20-8-9)10(18)7-17-11(12)13-14-15-17/h2,5,8H,3-4,6-7H2,1H3,(H2,12,13,15). The monoisotopic (exact) mass is 296 g/mol. The van der Waals surface area contributed by atoms with Gasteiger partial charge in [-0.3, -0.25) is 4.79 Å². The van der Waals surface area contributed by atoms with Crippen molar-refractivity contribution in [2.75, 3.05) is 26.0 Å². The van der Waals surface area contributed by atoms with Crippen molar-refractivity contribution in [3.8, 4) is 0 Å². The van der Waals surface area contributed by atoms with E-state index in [9.17, 15) is 4.79 Å². The van der Waals surface area contributed by atoms with Gasteiger partial charge in [-0.1, -0.05) is 5.10 Å². The molecular weight excluding hydrogens is 280 g/mol. The summed E-state index contributed by atoms with van der Waals surface area (Å²) in [6, 6.07) is 1.99. The van der Waals surface area contributed by atoms with E-state index in [4.69, 9.17) is 10.5 Å². The van der Waals surface area contributed by atoms with Gasteiger partial charge in [0.2, 0.25) is 11.9 Å². The van der Waals surface area contributed by atoms with E-state index >= 15 is 0 Å².